The number of rotatable bonds is 66. The van der Waals surface area contributed by atoms with Gasteiger partial charge in [0.05, 0.1) is 26.4 Å². The Kier molecular flexibility index (Phi) is 62.8. The minimum Gasteiger partial charge on any atom is -0.462 e. The lowest BCUT2D eigenvalue weighted by atomic mass is 10.1. The highest BCUT2D eigenvalue weighted by atomic mass is 31.2. The molecule has 0 rings (SSSR count). The van der Waals surface area contributed by atoms with E-state index in [0.29, 0.717) is 25.7 Å². The summed E-state index contributed by atoms with van der Waals surface area (Å²) in [5, 5.41) is 10.6. The Morgan fingerprint density at radius 1 is 0.315 bits per heavy atom. The summed E-state index contributed by atoms with van der Waals surface area (Å²) in [7, 11) is -9.94. The molecule has 0 heterocycles. The number of carbonyl (C=O) groups excluding carboxylic acids is 4. The van der Waals surface area contributed by atoms with Gasteiger partial charge >= 0.3 is 39.5 Å². The molecule has 4 unspecified atom stereocenters. The number of unbranched alkanes of at least 4 members (excludes halogenated alkanes) is 24. The van der Waals surface area contributed by atoms with Crippen molar-refractivity contribution in [1.82, 2.24) is 0 Å². The lowest BCUT2D eigenvalue weighted by Gasteiger charge is -2.21. The van der Waals surface area contributed by atoms with Crippen molar-refractivity contribution < 1.29 is 80.2 Å². The first-order chi connectivity index (χ1) is 44.7. The number of esters is 4. The molecule has 0 radical (unpaired) electrons. The molecular weight excluding hydrogens is 1210 g/mol. The molecule has 530 valence electrons. The van der Waals surface area contributed by atoms with Crippen LogP contribution in [-0.2, 0) is 65.4 Å². The van der Waals surface area contributed by atoms with Gasteiger partial charge in [-0.3, -0.25) is 37.3 Å². The maximum atomic E-state index is 13.0. The zero-order valence-corrected chi connectivity index (χ0v) is 59.2. The SMILES string of the molecule is CC/C=C\C/C=C\C/C=C\CCCCCCCC(=O)OCC(COP(=O)(O)OCC(O)COP(=O)(O)OCC(COC(=O)CCCCCCC/C=C\C/C=C\C/C=C\CC)OC(=O)CCCCCCC/C=C\CCCC)OC(=O)CCCCCCC/C=C\CCCC. The monoisotopic (exact) mass is 1340 g/mol. The number of hydrogen-bond acceptors (Lipinski definition) is 15. The summed E-state index contributed by atoms with van der Waals surface area (Å²) in [5.41, 5.74) is 0. The van der Waals surface area contributed by atoms with Gasteiger partial charge in [-0.25, -0.2) is 9.13 Å². The molecule has 4 atom stereocenters. The summed E-state index contributed by atoms with van der Waals surface area (Å²) in [6.07, 6.45) is 65.7. The van der Waals surface area contributed by atoms with Gasteiger partial charge in [0.2, 0.25) is 0 Å². The molecule has 0 aromatic heterocycles. The second-order valence-corrected chi connectivity index (χ2v) is 26.3. The lowest BCUT2D eigenvalue weighted by Crippen LogP contribution is -2.30. The van der Waals surface area contributed by atoms with Crippen LogP contribution in [0.5, 0.6) is 0 Å². The van der Waals surface area contributed by atoms with Crippen molar-refractivity contribution in [3.63, 3.8) is 0 Å². The van der Waals surface area contributed by atoms with E-state index >= 15 is 0 Å². The van der Waals surface area contributed by atoms with Crippen LogP contribution >= 0.6 is 15.6 Å². The molecule has 0 aromatic carbocycles. The topological polar surface area (TPSA) is 237 Å². The van der Waals surface area contributed by atoms with Crippen LogP contribution in [-0.4, -0.2) is 96.7 Å². The van der Waals surface area contributed by atoms with Gasteiger partial charge in [0.25, 0.3) is 0 Å². The molecule has 17 nitrogen and oxygen atoms in total. The molecule has 92 heavy (non-hydrogen) atoms. The highest BCUT2D eigenvalue weighted by molar-refractivity contribution is 7.47. The van der Waals surface area contributed by atoms with E-state index in [1.165, 1.54) is 25.7 Å². The number of phosphoric acid groups is 2. The van der Waals surface area contributed by atoms with Crippen LogP contribution in [0.3, 0.4) is 0 Å². The van der Waals surface area contributed by atoms with Crippen molar-refractivity contribution in [2.24, 2.45) is 0 Å². The Morgan fingerprint density at radius 2 is 0.565 bits per heavy atom. The fraction of sp³-hybridized carbons (Fsp3) is 0.726. The average Bonchev–Trinajstić information content (AvgIpc) is 2.55. The van der Waals surface area contributed by atoms with Gasteiger partial charge in [-0.05, 0) is 128 Å². The standard InChI is InChI=1S/C73H126O17P2/c1-5-9-13-17-21-25-29-31-33-35-39-41-45-49-53-57-70(75)83-63-68(89-72(77)59-55-51-47-43-37-27-23-19-15-11-7-3)65-87-91(79,80)85-61-67(74)62-86-92(81,82)88-66-69(90-73(78)60-56-52-48-44-38-28-24-20-16-12-8-4)64-84-71(76)58-54-50-46-42-40-36-34-32-30-26-22-18-14-10-6-2/h9-10,13-14,19-26,31-34,67-69,74H,5-8,11-12,15-18,27-30,35-66H2,1-4H3,(H,79,80)(H,81,82)/b13-9-,14-10-,23-19-,24-20-,25-21-,26-22-,33-31-,34-32-. The van der Waals surface area contributed by atoms with Crippen LogP contribution in [0.4, 0.5) is 0 Å². The van der Waals surface area contributed by atoms with Gasteiger partial charge in [0, 0.05) is 25.7 Å². The van der Waals surface area contributed by atoms with E-state index in [4.69, 9.17) is 37.0 Å². The Morgan fingerprint density at radius 3 is 0.880 bits per heavy atom. The molecule has 19 heteroatoms. The molecule has 0 saturated heterocycles. The zero-order valence-electron chi connectivity index (χ0n) is 57.4. The van der Waals surface area contributed by atoms with Gasteiger partial charge in [-0.2, -0.15) is 0 Å². The first kappa shape index (κ1) is 88.0. The van der Waals surface area contributed by atoms with E-state index in [1.54, 1.807) is 0 Å². The van der Waals surface area contributed by atoms with Crippen molar-refractivity contribution in [3.05, 3.63) is 97.2 Å². The highest BCUT2D eigenvalue weighted by Crippen LogP contribution is 2.45. The first-order valence-corrected chi connectivity index (χ1v) is 38.5. The van der Waals surface area contributed by atoms with Gasteiger partial charge < -0.3 is 33.8 Å². The zero-order chi connectivity index (χ0) is 67.5. The molecule has 0 aliphatic heterocycles. The van der Waals surface area contributed by atoms with E-state index in [0.717, 1.165) is 180 Å². The molecule has 3 N–H and O–H groups in total. The van der Waals surface area contributed by atoms with Crippen molar-refractivity contribution in [2.75, 3.05) is 39.6 Å². The summed E-state index contributed by atoms with van der Waals surface area (Å²) in [4.78, 5) is 72.5. The summed E-state index contributed by atoms with van der Waals surface area (Å²) in [5.74, 6) is -2.23. The number of carbonyl (C=O) groups is 4. The third kappa shape index (κ3) is 64.7. The molecule has 0 bridgehead atoms. The molecule has 0 fully saturated rings. The highest BCUT2D eigenvalue weighted by Gasteiger charge is 2.30. The van der Waals surface area contributed by atoms with Crippen LogP contribution in [0, 0.1) is 0 Å². The van der Waals surface area contributed by atoms with Gasteiger partial charge in [0.1, 0.15) is 19.3 Å². The summed E-state index contributed by atoms with van der Waals surface area (Å²) in [6.45, 7) is 4.50. The minimum atomic E-state index is -4.97. The Bertz CT molecular complexity index is 1990. The van der Waals surface area contributed by atoms with Crippen molar-refractivity contribution >= 4 is 39.5 Å². The maximum absolute atomic E-state index is 13.0. The third-order valence-corrected chi connectivity index (χ3v) is 16.4. The second kappa shape index (κ2) is 65.6. The predicted octanol–water partition coefficient (Wildman–Crippen LogP) is 19.7. The lowest BCUT2D eigenvalue weighted by molar-refractivity contribution is -0.161. The third-order valence-electron chi connectivity index (χ3n) is 14.5. The number of aliphatic hydroxyl groups is 1. The van der Waals surface area contributed by atoms with E-state index in [1.807, 2.05) is 0 Å². The van der Waals surface area contributed by atoms with Crippen molar-refractivity contribution in [3.8, 4) is 0 Å². The van der Waals surface area contributed by atoms with Crippen LogP contribution < -0.4 is 0 Å². The summed E-state index contributed by atoms with van der Waals surface area (Å²) < 4.78 is 68.2. The number of ether oxygens (including phenoxy) is 4. The van der Waals surface area contributed by atoms with Gasteiger partial charge in [-0.1, -0.05) is 228 Å². The number of aliphatic hydroxyl groups excluding tert-OH is 1. The van der Waals surface area contributed by atoms with Crippen molar-refractivity contribution in [2.45, 2.75) is 303 Å². The summed E-state index contributed by atoms with van der Waals surface area (Å²) >= 11 is 0. The Hall–Kier alpha value is -4.02. The molecular formula is C73H126O17P2. The quantitative estimate of drug-likeness (QED) is 0.0169. The second-order valence-electron chi connectivity index (χ2n) is 23.4. The van der Waals surface area contributed by atoms with E-state index in [9.17, 15) is 43.2 Å². The Labute approximate surface area is 557 Å². The Balaban J connectivity index is 5.32. The van der Waals surface area contributed by atoms with Crippen LogP contribution in [0.25, 0.3) is 0 Å². The largest absolute Gasteiger partial charge is 0.472 e. The smallest absolute Gasteiger partial charge is 0.462 e. The summed E-state index contributed by atoms with van der Waals surface area (Å²) in [6, 6.07) is 0. The number of phosphoric ester groups is 2. The van der Waals surface area contributed by atoms with Gasteiger partial charge in [-0.15, -0.1) is 0 Å². The van der Waals surface area contributed by atoms with E-state index < -0.39 is 97.5 Å². The average molecular weight is 1340 g/mol. The molecule has 0 aliphatic carbocycles. The fourth-order valence-corrected chi connectivity index (χ4v) is 10.7. The van der Waals surface area contributed by atoms with Crippen LogP contribution in [0.15, 0.2) is 97.2 Å². The molecule has 0 amide bonds. The molecule has 0 aromatic rings. The van der Waals surface area contributed by atoms with Crippen LogP contribution in [0.2, 0.25) is 0 Å². The molecule has 0 aliphatic rings. The number of allylic oxidation sites excluding steroid dienone is 16. The normalized spacial score (nSPS) is 14.6. The van der Waals surface area contributed by atoms with Crippen LogP contribution in [0.1, 0.15) is 285 Å². The fourth-order valence-electron chi connectivity index (χ4n) is 9.09. The molecule has 0 saturated carbocycles. The number of hydrogen-bond donors (Lipinski definition) is 3. The van der Waals surface area contributed by atoms with Gasteiger partial charge in [0.15, 0.2) is 12.2 Å². The first-order valence-electron chi connectivity index (χ1n) is 35.5. The minimum absolute atomic E-state index is 0.0800. The van der Waals surface area contributed by atoms with E-state index in [2.05, 4.69) is 125 Å². The van der Waals surface area contributed by atoms with Crippen molar-refractivity contribution in [1.29, 1.82) is 0 Å². The molecule has 0 spiro atoms. The predicted molar refractivity (Wildman–Crippen MR) is 372 cm³/mol. The van der Waals surface area contributed by atoms with E-state index in [-0.39, 0.29) is 25.7 Å². The maximum Gasteiger partial charge on any atom is 0.472 e.